The van der Waals surface area contributed by atoms with Crippen molar-refractivity contribution in [1.82, 2.24) is 10.2 Å². The number of rotatable bonds is 6. The fourth-order valence-electron chi connectivity index (χ4n) is 2.43. The van der Waals surface area contributed by atoms with Crippen LogP contribution in [0.2, 0.25) is 0 Å². The summed E-state index contributed by atoms with van der Waals surface area (Å²) >= 11 is 0. The molecular weight excluding hydrogens is 272 g/mol. The Labute approximate surface area is 124 Å². The van der Waals surface area contributed by atoms with Crippen LogP contribution in [-0.2, 0) is 9.53 Å². The molecule has 1 saturated heterocycles. The van der Waals surface area contributed by atoms with Gasteiger partial charge in [0, 0.05) is 25.6 Å². The van der Waals surface area contributed by atoms with Crippen molar-refractivity contribution in [3.8, 4) is 0 Å². The molecule has 2 amide bonds. The first-order valence-corrected chi connectivity index (χ1v) is 7.29. The predicted octanol–water partition coefficient (Wildman–Crippen LogP) is 1.20. The Morgan fingerprint density at radius 1 is 1.48 bits per heavy atom. The van der Waals surface area contributed by atoms with Crippen molar-refractivity contribution in [1.29, 1.82) is 0 Å². The number of aryl methyl sites for hydroxylation is 1. The first-order valence-electron chi connectivity index (χ1n) is 7.29. The maximum absolute atomic E-state index is 12.2. The monoisotopic (exact) mass is 294 g/mol. The molecule has 0 radical (unpaired) electrons. The van der Waals surface area contributed by atoms with E-state index < -0.39 is 0 Å². The minimum Gasteiger partial charge on any atom is -0.469 e. The van der Waals surface area contributed by atoms with Crippen molar-refractivity contribution in [2.45, 2.75) is 20.3 Å². The average molecular weight is 294 g/mol. The van der Waals surface area contributed by atoms with Gasteiger partial charge in [0.05, 0.1) is 25.0 Å². The number of nitrogens with zero attached hydrogens (tertiary/aromatic N) is 1. The highest BCUT2D eigenvalue weighted by Crippen LogP contribution is 2.14. The Balaban J connectivity index is 1.82. The van der Waals surface area contributed by atoms with E-state index in [-0.39, 0.29) is 18.4 Å². The van der Waals surface area contributed by atoms with Crippen LogP contribution in [0.5, 0.6) is 0 Å². The van der Waals surface area contributed by atoms with Gasteiger partial charge in [-0.25, -0.2) is 0 Å². The van der Waals surface area contributed by atoms with Gasteiger partial charge < -0.3 is 19.4 Å². The Hall–Kier alpha value is -1.82. The normalized spacial score (nSPS) is 17.7. The first kappa shape index (κ1) is 15.6. The predicted molar refractivity (Wildman–Crippen MR) is 77.0 cm³/mol. The van der Waals surface area contributed by atoms with Crippen LogP contribution >= 0.6 is 0 Å². The molecule has 1 N–H and O–H groups in total. The van der Waals surface area contributed by atoms with Gasteiger partial charge in [-0.1, -0.05) is 0 Å². The molecule has 6 heteroatoms. The van der Waals surface area contributed by atoms with Gasteiger partial charge in [0.1, 0.15) is 5.76 Å². The minimum atomic E-state index is -0.283. The Morgan fingerprint density at radius 2 is 2.29 bits per heavy atom. The zero-order valence-electron chi connectivity index (χ0n) is 12.6. The van der Waals surface area contributed by atoms with Crippen LogP contribution in [0.1, 0.15) is 29.5 Å². The van der Waals surface area contributed by atoms with Gasteiger partial charge in [-0.2, -0.15) is 0 Å². The third-order valence-electron chi connectivity index (χ3n) is 3.74. The van der Waals surface area contributed by atoms with Gasteiger partial charge in [-0.3, -0.25) is 9.59 Å². The summed E-state index contributed by atoms with van der Waals surface area (Å²) in [5.41, 5.74) is 0.468. The van der Waals surface area contributed by atoms with Crippen molar-refractivity contribution in [3.05, 3.63) is 23.7 Å². The zero-order chi connectivity index (χ0) is 15.2. The van der Waals surface area contributed by atoms with E-state index >= 15 is 0 Å². The maximum Gasteiger partial charge on any atom is 0.255 e. The van der Waals surface area contributed by atoms with Gasteiger partial charge in [0.2, 0.25) is 5.91 Å². The Morgan fingerprint density at radius 3 is 2.86 bits per heavy atom. The summed E-state index contributed by atoms with van der Waals surface area (Å²) in [6.45, 7) is 6.47. The quantitative estimate of drug-likeness (QED) is 0.856. The lowest BCUT2D eigenvalue weighted by Crippen LogP contribution is -2.42. The molecule has 1 fully saturated rings. The minimum absolute atomic E-state index is 0.00483. The number of carbonyl (C=O) groups excluding carboxylic acids is 2. The summed E-state index contributed by atoms with van der Waals surface area (Å²) in [7, 11) is 0. The third-order valence-corrected chi connectivity index (χ3v) is 3.74. The molecule has 2 rings (SSSR count). The van der Waals surface area contributed by atoms with Crippen molar-refractivity contribution < 1.29 is 18.7 Å². The van der Waals surface area contributed by atoms with Crippen LogP contribution in [0.25, 0.3) is 0 Å². The molecule has 116 valence electrons. The highest BCUT2D eigenvalue weighted by molar-refractivity contribution is 5.97. The number of amides is 2. The van der Waals surface area contributed by atoms with Crippen LogP contribution in [-0.4, -0.2) is 49.6 Å². The van der Waals surface area contributed by atoms with Crippen LogP contribution < -0.4 is 5.32 Å². The molecule has 2 heterocycles. The molecule has 0 aromatic carbocycles. The SMILES string of the molecule is CCN(C[C@@H]1CCOC1)C(=O)CNC(=O)c1ccoc1C. The van der Waals surface area contributed by atoms with E-state index in [0.717, 1.165) is 13.0 Å². The molecule has 21 heavy (non-hydrogen) atoms. The van der Waals surface area contributed by atoms with Crippen LogP contribution in [0.15, 0.2) is 16.7 Å². The van der Waals surface area contributed by atoms with Crippen molar-refractivity contribution in [2.24, 2.45) is 5.92 Å². The Bertz CT molecular complexity index is 492. The number of carbonyl (C=O) groups is 2. The zero-order valence-corrected chi connectivity index (χ0v) is 12.6. The van der Waals surface area contributed by atoms with Crippen LogP contribution in [0, 0.1) is 12.8 Å². The number of likely N-dealkylation sites (N-methyl/N-ethyl adjacent to an activating group) is 1. The van der Waals surface area contributed by atoms with E-state index in [1.54, 1.807) is 17.9 Å². The molecule has 1 aliphatic rings. The summed E-state index contributed by atoms with van der Waals surface area (Å²) in [5, 5.41) is 2.64. The van der Waals surface area contributed by atoms with Crippen molar-refractivity contribution in [3.63, 3.8) is 0 Å². The van der Waals surface area contributed by atoms with Gasteiger partial charge in [0.15, 0.2) is 0 Å². The molecule has 6 nitrogen and oxygen atoms in total. The molecule has 0 aliphatic carbocycles. The molecular formula is C15H22N2O4. The molecule has 1 atom stereocenters. The first-order chi connectivity index (χ1) is 10.1. The number of hydrogen-bond acceptors (Lipinski definition) is 4. The second-order valence-corrected chi connectivity index (χ2v) is 5.24. The van der Waals surface area contributed by atoms with Gasteiger partial charge in [0.25, 0.3) is 5.91 Å². The molecule has 0 unspecified atom stereocenters. The molecule has 0 saturated carbocycles. The van der Waals surface area contributed by atoms with Crippen LogP contribution in [0.4, 0.5) is 0 Å². The molecule has 1 aliphatic heterocycles. The summed E-state index contributed by atoms with van der Waals surface area (Å²) in [4.78, 5) is 25.9. The lowest BCUT2D eigenvalue weighted by atomic mass is 10.1. The lowest BCUT2D eigenvalue weighted by Gasteiger charge is -2.23. The smallest absolute Gasteiger partial charge is 0.255 e. The number of furan rings is 1. The van der Waals surface area contributed by atoms with Gasteiger partial charge >= 0.3 is 0 Å². The number of ether oxygens (including phenoxy) is 1. The summed E-state index contributed by atoms with van der Waals surface area (Å²) < 4.78 is 10.4. The highest BCUT2D eigenvalue weighted by atomic mass is 16.5. The van der Waals surface area contributed by atoms with E-state index in [1.165, 1.54) is 6.26 Å². The molecule has 0 spiro atoms. The summed E-state index contributed by atoms with van der Waals surface area (Å²) in [6, 6.07) is 1.60. The fourth-order valence-corrected chi connectivity index (χ4v) is 2.43. The third kappa shape index (κ3) is 4.07. The molecule has 1 aromatic heterocycles. The summed E-state index contributed by atoms with van der Waals surface area (Å²) in [5.74, 6) is 0.602. The van der Waals surface area contributed by atoms with E-state index in [4.69, 9.17) is 9.15 Å². The fraction of sp³-hybridized carbons (Fsp3) is 0.600. The second kappa shape index (κ2) is 7.26. The highest BCUT2D eigenvalue weighted by Gasteiger charge is 2.22. The van der Waals surface area contributed by atoms with E-state index in [2.05, 4.69) is 5.32 Å². The lowest BCUT2D eigenvalue weighted by molar-refractivity contribution is -0.130. The van der Waals surface area contributed by atoms with Crippen LogP contribution in [0.3, 0.4) is 0 Å². The van der Waals surface area contributed by atoms with Crippen molar-refractivity contribution >= 4 is 11.8 Å². The van der Waals surface area contributed by atoms with E-state index in [0.29, 0.717) is 36.9 Å². The maximum atomic E-state index is 12.2. The second-order valence-electron chi connectivity index (χ2n) is 5.24. The standard InChI is InChI=1S/C15H22N2O4/c1-3-17(9-12-4-6-20-10-12)14(18)8-16-15(19)13-5-7-21-11(13)2/h5,7,12H,3-4,6,8-10H2,1-2H3,(H,16,19)/t12-/m0/s1. The van der Waals surface area contributed by atoms with E-state index in [9.17, 15) is 9.59 Å². The van der Waals surface area contributed by atoms with Crippen molar-refractivity contribution in [2.75, 3.05) is 32.8 Å². The topological polar surface area (TPSA) is 71.8 Å². The average Bonchev–Trinajstić information content (AvgIpc) is 3.13. The largest absolute Gasteiger partial charge is 0.469 e. The van der Waals surface area contributed by atoms with E-state index in [1.807, 2.05) is 6.92 Å². The number of hydrogen-bond donors (Lipinski definition) is 1. The Kier molecular flexibility index (Phi) is 5.38. The number of nitrogens with one attached hydrogen (secondary N) is 1. The summed E-state index contributed by atoms with van der Waals surface area (Å²) in [6.07, 6.45) is 2.45. The molecule has 0 bridgehead atoms. The van der Waals surface area contributed by atoms with Gasteiger partial charge in [-0.15, -0.1) is 0 Å². The van der Waals surface area contributed by atoms with Gasteiger partial charge in [-0.05, 0) is 26.3 Å². The molecule has 1 aromatic rings.